The van der Waals surface area contributed by atoms with Crippen LogP contribution in [0, 0.1) is 5.41 Å². The van der Waals surface area contributed by atoms with Crippen molar-refractivity contribution in [2.75, 3.05) is 0 Å². The van der Waals surface area contributed by atoms with E-state index < -0.39 is 0 Å². The van der Waals surface area contributed by atoms with Crippen molar-refractivity contribution >= 4 is 27.4 Å². The molecule has 0 aliphatic carbocycles. The smallest absolute Gasteiger partial charge is 0.116 e. The number of benzene rings is 1. The van der Waals surface area contributed by atoms with Crippen molar-refractivity contribution in [2.45, 2.75) is 34.1 Å². The lowest BCUT2D eigenvalue weighted by molar-refractivity contribution is 0.403. The Balaban J connectivity index is 1.51. The van der Waals surface area contributed by atoms with E-state index in [2.05, 4.69) is 101 Å². The minimum atomic E-state index is 0.152. The van der Waals surface area contributed by atoms with Gasteiger partial charge in [-0.15, -0.1) is 0 Å². The fourth-order valence-electron chi connectivity index (χ4n) is 4.82. The summed E-state index contributed by atoms with van der Waals surface area (Å²) in [4.78, 5) is 12.6. The number of allylic oxidation sites excluding steroid dienone is 5. The number of nitrogens with one attached hydrogen (secondary N) is 3. The van der Waals surface area contributed by atoms with Crippen LogP contribution in [-0.2, 0) is 0 Å². The molecule has 0 amide bonds. The Morgan fingerprint density at radius 3 is 2.51 bits per heavy atom. The van der Waals surface area contributed by atoms with E-state index in [0.717, 1.165) is 73.5 Å². The van der Waals surface area contributed by atoms with Gasteiger partial charge in [-0.3, -0.25) is 15.1 Å². The fourth-order valence-corrected chi connectivity index (χ4v) is 4.82. The SMILES string of the molecule is C=C/C(=C\C(=C/C)c1ccc2[nH]nc(-c3cc4c(-c5ccccn5)nccc4[nH]3)c2c1)NC(=C)CC(C)(C)C. The Kier molecular flexibility index (Phi) is 7.03. The number of rotatable bonds is 8. The minimum absolute atomic E-state index is 0.152. The summed E-state index contributed by atoms with van der Waals surface area (Å²) in [6, 6.07) is 16.3. The summed E-state index contributed by atoms with van der Waals surface area (Å²) in [5, 5.41) is 13.3. The predicted octanol–water partition coefficient (Wildman–Crippen LogP) is 8.18. The third kappa shape index (κ3) is 5.60. The molecule has 0 saturated carbocycles. The molecule has 6 heteroatoms. The molecular formula is C33H34N6. The number of pyridine rings is 2. The summed E-state index contributed by atoms with van der Waals surface area (Å²) in [7, 11) is 0. The molecule has 39 heavy (non-hydrogen) atoms. The Hall–Kier alpha value is -4.71. The molecule has 5 aromatic rings. The number of aromatic nitrogens is 5. The van der Waals surface area contributed by atoms with E-state index in [4.69, 9.17) is 0 Å². The number of fused-ring (bicyclic) bond motifs is 2. The van der Waals surface area contributed by atoms with Crippen LogP contribution in [0.15, 0.2) is 104 Å². The monoisotopic (exact) mass is 514 g/mol. The first-order chi connectivity index (χ1) is 18.8. The van der Waals surface area contributed by atoms with Gasteiger partial charge in [0.25, 0.3) is 0 Å². The highest BCUT2D eigenvalue weighted by Gasteiger charge is 2.16. The van der Waals surface area contributed by atoms with Gasteiger partial charge >= 0.3 is 0 Å². The van der Waals surface area contributed by atoms with Crippen molar-refractivity contribution in [1.29, 1.82) is 0 Å². The van der Waals surface area contributed by atoms with Crippen LogP contribution in [0.25, 0.3) is 50.2 Å². The Labute approximate surface area is 229 Å². The molecule has 0 spiro atoms. The average molecular weight is 515 g/mol. The first-order valence-electron chi connectivity index (χ1n) is 13.1. The number of nitrogens with zero attached hydrogens (tertiary/aromatic N) is 3. The molecule has 4 heterocycles. The highest BCUT2D eigenvalue weighted by atomic mass is 15.1. The standard InChI is InChI=1S/C33H34N6/c1-7-22(17-24(8-2)36-21(3)20-33(4,5)6)23-12-13-28-25(18-23)32(39-38-28)30-19-26-27(37-30)14-16-35-31(26)29-11-9-10-15-34-29/h7-19,36-37H,2-3,20H2,1,4-6H3,(H,38,39)/b22-7+,24-17+. The normalized spacial score (nSPS) is 12.7. The molecule has 3 N–H and O–H groups in total. The first kappa shape index (κ1) is 25.9. The van der Waals surface area contributed by atoms with E-state index in [1.54, 1.807) is 12.4 Å². The minimum Gasteiger partial charge on any atom is -0.359 e. The molecule has 0 saturated heterocycles. The largest absolute Gasteiger partial charge is 0.359 e. The summed E-state index contributed by atoms with van der Waals surface area (Å²) in [5.41, 5.74) is 9.61. The molecule has 4 aromatic heterocycles. The van der Waals surface area contributed by atoms with Crippen molar-refractivity contribution in [3.63, 3.8) is 0 Å². The number of hydrogen-bond donors (Lipinski definition) is 3. The van der Waals surface area contributed by atoms with E-state index >= 15 is 0 Å². The Bertz CT molecular complexity index is 1720. The second kappa shape index (κ2) is 10.6. The van der Waals surface area contributed by atoms with Crippen LogP contribution >= 0.6 is 0 Å². The first-order valence-corrected chi connectivity index (χ1v) is 13.1. The predicted molar refractivity (Wildman–Crippen MR) is 163 cm³/mol. The zero-order valence-electron chi connectivity index (χ0n) is 23.0. The Morgan fingerprint density at radius 2 is 1.79 bits per heavy atom. The van der Waals surface area contributed by atoms with E-state index in [1.165, 1.54) is 0 Å². The molecule has 1 aromatic carbocycles. The summed E-state index contributed by atoms with van der Waals surface area (Å²) < 4.78 is 0. The molecule has 0 radical (unpaired) electrons. The summed E-state index contributed by atoms with van der Waals surface area (Å²) in [6.45, 7) is 16.9. The maximum Gasteiger partial charge on any atom is 0.116 e. The molecule has 0 aliphatic rings. The van der Waals surface area contributed by atoms with Crippen LogP contribution in [0.5, 0.6) is 0 Å². The molecule has 0 fully saturated rings. The number of H-pyrrole nitrogens is 2. The lowest BCUT2D eigenvalue weighted by Gasteiger charge is -2.21. The number of hydrogen-bond acceptors (Lipinski definition) is 4. The van der Waals surface area contributed by atoms with E-state index in [1.807, 2.05) is 37.3 Å². The van der Waals surface area contributed by atoms with E-state index in [9.17, 15) is 0 Å². The molecule has 0 unspecified atom stereocenters. The molecular weight excluding hydrogens is 480 g/mol. The van der Waals surface area contributed by atoms with Gasteiger partial charge in [-0.25, -0.2) is 0 Å². The van der Waals surface area contributed by atoms with Gasteiger partial charge < -0.3 is 10.3 Å². The zero-order valence-corrected chi connectivity index (χ0v) is 23.0. The van der Waals surface area contributed by atoms with Gasteiger partial charge in [0.15, 0.2) is 0 Å². The van der Waals surface area contributed by atoms with E-state index in [-0.39, 0.29) is 5.41 Å². The van der Waals surface area contributed by atoms with Crippen molar-refractivity contribution in [3.05, 3.63) is 109 Å². The number of aromatic amines is 2. The van der Waals surface area contributed by atoms with Gasteiger partial charge in [-0.1, -0.05) is 52.1 Å². The molecule has 5 rings (SSSR count). The van der Waals surface area contributed by atoms with Crippen LogP contribution in [-0.4, -0.2) is 25.1 Å². The topological polar surface area (TPSA) is 82.3 Å². The van der Waals surface area contributed by atoms with Crippen molar-refractivity contribution in [3.8, 4) is 22.8 Å². The summed E-state index contributed by atoms with van der Waals surface area (Å²) in [5.74, 6) is 0. The second-order valence-electron chi connectivity index (χ2n) is 10.9. The van der Waals surface area contributed by atoms with Crippen molar-refractivity contribution < 1.29 is 0 Å². The lowest BCUT2D eigenvalue weighted by atomic mass is 9.91. The van der Waals surface area contributed by atoms with Gasteiger partial charge in [0.1, 0.15) is 5.69 Å². The quantitative estimate of drug-likeness (QED) is 0.182. The maximum atomic E-state index is 4.67. The maximum absolute atomic E-state index is 4.67. The highest BCUT2D eigenvalue weighted by molar-refractivity contribution is 6.00. The van der Waals surface area contributed by atoms with Gasteiger partial charge in [0.2, 0.25) is 0 Å². The highest BCUT2D eigenvalue weighted by Crippen LogP contribution is 2.33. The average Bonchev–Trinajstić information content (AvgIpc) is 3.54. The second-order valence-corrected chi connectivity index (χ2v) is 10.9. The lowest BCUT2D eigenvalue weighted by Crippen LogP contribution is -2.16. The molecule has 0 bridgehead atoms. The third-order valence-corrected chi connectivity index (χ3v) is 6.51. The zero-order chi connectivity index (χ0) is 27.6. The molecule has 196 valence electrons. The molecule has 0 atom stereocenters. The molecule has 0 aliphatic heterocycles. The van der Waals surface area contributed by atoms with Crippen LogP contribution in [0.1, 0.15) is 39.7 Å². The third-order valence-electron chi connectivity index (χ3n) is 6.51. The van der Waals surface area contributed by atoms with E-state index in [0.29, 0.717) is 0 Å². The van der Waals surface area contributed by atoms with Crippen molar-refractivity contribution in [2.24, 2.45) is 5.41 Å². The molecule has 6 nitrogen and oxygen atoms in total. The van der Waals surface area contributed by atoms with Gasteiger partial charge in [-0.2, -0.15) is 5.10 Å². The van der Waals surface area contributed by atoms with Crippen LogP contribution < -0.4 is 5.32 Å². The summed E-state index contributed by atoms with van der Waals surface area (Å²) >= 11 is 0. The van der Waals surface area contributed by atoms with Gasteiger partial charge in [0, 0.05) is 40.1 Å². The van der Waals surface area contributed by atoms with Crippen LogP contribution in [0.2, 0.25) is 0 Å². The van der Waals surface area contributed by atoms with Gasteiger partial charge in [0.05, 0.1) is 22.6 Å². The Morgan fingerprint density at radius 1 is 0.974 bits per heavy atom. The van der Waals surface area contributed by atoms with Crippen LogP contribution in [0.4, 0.5) is 0 Å². The van der Waals surface area contributed by atoms with Crippen LogP contribution in [0.3, 0.4) is 0 Å². The summed E-state index contributed by atoms with van der Waals surface area (Å²) in [6.07, 6.45) is 10.5. The fraction of sp³-hybridized carbons (Fsp3) is 0.182. The van der Waals surface area contributed by atoms with Gasteiger partial charge in [-0.05, 0) is 78.4 Å². The van der Waals surface area contributed by atoms with Crippen molar-refractivity contribution in [1.82, 2.24) is 30.5 Å².